The van der Waals surface area contributed by atoms with Crippen molar-refractivity contribution in [1.82, 2.24) is 15.3 Å². The van der Waals surface area contributed by atoms with E-state index in [1.54, 1.807) is 12.3 Å². The molecule has 3 rings (SSSR count). The van der Waals surface area contributed by atoms with Crippen molar-refractivity contribution in [2.24, 2.45) is 0 Å². The van der Waals surface area contributed by atoms with Gasteiger partial charge in [-0.15, -0.1) is 0 Å². The van der Waals surface area contributed by atoms with Gasteiger partial charge < -0.3 is 10.2 Å². The summed E-state index contributed by atoms with van der Waals surface area (Å²) in [6.45, 7) is 3.37. The van der Waals surface area contributed by atoms with Crippen molar-refractivity contribution in [1.29, 1.82) is 0 Å². The van der Waals surface area contributed by atoms with E-state index >= 15 is 0 Å². The zero-order valence-corrected chi connectivity index (χ0v) is 11.8. The number of rotatable bonds is 2. The zero-order valence-electron chi connectivity index (χ0n) is 11.8. The third-order valence-corrected chi connectivity index (χ3v) is 3.55. The summed E-state index contributed by atoms with van der Waals surface area (Å²) in [6.07, 6.45) is -2.69. The molecule has 0 aliphatic carbocycles. The minimum Gasteiger partial charge on any atom is -0.338 e. The minimum atomic E-state index is -4.32. The van der Waals surface area contributed by atoms with Crippen LogP contribution in [0.1, 0.15) is 5.56 Å². The van der Waals surface area contributed by atoms with E-state index in [4.69, 9.17) is 0 Å². The molecular formula is C15H15F3N4. The van der Waals surface area contributed by atoms with Gasteiger partial charge in [-0.2, -0.15) is 13.2 Å². The maximum Gasteiger partial charge on any atom is 0.416 e. The monoisotopic (exact) mass is 308 g/mol. The molecular weight excluding hydrogens is 293 g/mol. The SMILES string of the molecule is FC(F)(F)c1ccc(-c2ccnc(N3CCNCC3)n2)cc1. The minimum absolute atomic E-state index is 0.610. The molecule has 0 bridgehead atoms. The molecule has 1 aromatic heterocycles. The number of anilines is 1. The topological polar surface area (TPSA) is 41.1 Å². The number of benzene rings is 1. The summed E-state index contributed by atoms with van der Waals surface area (Å²) in [7, 11) is 0. The fourth-order valence-electron chi connectivity index (χ4n) is 2.36. The van der Waals surface area contributed by atoms with E-state index in [0.29, 0.717) is 17.2 Å². The summed E-state index contributed by atoms with van der Waals surface area (Å²) >= 11 is 0. The predicted octanol–water partition coefficient (Wildman–Crippen LogP) is 2.57. The number of nitrogens with one attached hydrogen (secondary N) is 1. The van der Waals surface area contributed by atoms with Gasteiger partial charge in [0.05, 0.1) is 11.3 Å². The van der Waals surface area contributed by atoms with Crippen molar-refractivity contribution in [3.8, 4) is 11.3 Å². The lowest BCUT2D eigenvalue weighted by Crippen LogP contribution is -2.44. The molecule has 1 aliphatic heterocycles. The van der Waals surface area contributed by atoms with Crippen LogP contribution in [0.4, 0.5) is 19.1 Å². The molecule has 22 heavy (non-hydrogen) atoms. The van der Waals surface area contributed by atoms with Crippen molar-refractivity contribution in [3.63, 3.8) is 0 Å². The zero-order chi connectivity index (χ0) is 15.6. The van der Waals surface area contributed by atoms with Crippen molar-refractivity contribution in [2.45, 2.75) is 6.18 Å². The Hall–Kier alpha value is -2.15. The van der Waals surface area contributed by atoms with Gasteiger partial charge in [0.25, 0.3) is 0 Å². The molecule has 2 heterocycles. The van der Waals surface area contributed by atoms with E-state index in [-0.39, 0.29) is 0 Å². The number of piperazine rings is 1. The first-order valence-electron chi connectivity index (χ1n) is 7.00. The Morgan fingerprint density at radius 2 is 1.68 bits per heavy atom. The number of hydrogen-bond donors (Lipinski definition) is 1. The lowest BCUT2D eigenvalue weighted by atomic mass is 10.1. The van der Waals surface area contributed by atoms with Crippen LogP contribution < -0.4 is 10.2 Å². The second-order valence-electron chi connectivity index (χ2n) is 5.05. The molecule has 1 aliphatic rings. The molecule has 0 unspecified atom stereocenters. The first kappa shape index (κ1) is 14.8. The van der Waals surface area contributed by atoms with Gasteiger partial charge in [-0.25, -0.2) is 9.97 Å². The van der Waals surface area contributed by atoms with Gasteiger partial charge in [0.1, 0.15) is 0 Å². The molecule has 116 valence electrons. The van der Waals surface area contributed by atoms with Crippen molar-refractivity contribution in [2.75, 3.05) is 31.1 Å². The summed E-state index contributed by atoms with van der Waals surface area (Å²) in [5.41, 5.74) is 0.608. The largest absolute Gasteiger partial charge is 0.416 e. The van der Waals surface area contributed by atoms with E-state index in [1.807, 2.05) is 0 Å². The van der Waals surface area contributed by atoms with Gasteiger partial charge in [-0.3, -0.25) is 0 Å². The highest BCUT2D eigenvalue weighted by molar-refractivity contribution is 5.60. The maximum absolute atomic E-state index is 12.6. The highest BCUT2D eigenvalue weighted by atomic mass is 19.4. The highest BCUT2D eigenvalue weighted by Crippen LogP contribution is 2.30. The van der Waals surface area contributed by atoms with Crippen molar-refractivity contribution >= 4 is 5.95 Å². The number of aromatic nitrogens is 2. The predicted molar refractivity (Wildman–Crippen MR) is 77.6 cm³/mol. The van der Waals surface area contributed by atoms with Gasteiger partial charge in [0.2, 0.25) is 5.95 Å². The van der Waals surface area contributed by atoms with Crippen LogP contribution in [-0.4, -0.2) is 36.1 Å². The Morgan fingerprint density at radius 1 is 1.00 bits per heavy atom. The van der Waals surface area contributed by atoms with Gasteiger partial charge in [0.15, 0.2) is 0 Å². The van der Waals surface area contributed by atoms with E-state index in [1.165, 1.54) is 12.1 Å². The second kappa shape index (κ2) is 5.92. The molecule has 4 nitrogen and oxygen atoms in total. The highest BCUT2D eigenvalue weighted by Gasteiger charge is 2.30. The first-order valence-corrected chi connectivity index (χ1v) is 7.00. The standard InChI is InChI=1S/C15H15F3N4/c16-15(17,18)12-3-1-11(2-4-12)13-5-6-20-14(21-13)22-9-7-19-8-10-22/h1-6,19H,7-10H2. The van der Waals surface area contributed by atoms with Crippen LogP contribution >= 0.6 is 0 Å². The molecule has 7 heteroatoms. The first-order chi connectivity index (χ1) is 10.5. The van der Waals surface area contributed by atoms with Crippen LogP contribution in [0.3, 0.4) is 0 Å². The number of hydrogen-bond acceptors (Lipinski definition) is 4. The van der Waals surface area contributed by atoms with Crippen LogP contribution in [0.2, 0.25) is 0 Å². The normalized spacial score (nSPS) is 15.9. The summed E-state index contributed by atoms with van der Waals surface area (Å²) in [5, 5.41) is 3.25. The van der Waals surface area contributed by atoms with Gasteiger partial charge >= 0.3 is 6.18 Å². The van der Waals surface area contributed by atoms with E-state index in [9.17, 15) is 13.2 Å². The molecule has 1 N–H and O–H groups in total. The van der Waals surface area contributed by atoms with E-state index < -0.39 is 11.7 Å². The molecule has 1 saturated heterocycles. The van der Waals surface area contributed by atoms with Crippen molar-refractivity contribution < 1.29 is 13.2 Å². The van der Waals surface area contributed by atoms with E-state index in [2.05, 4.69) is 20.2 Å². The van der Waals surface area contributed by atoms with Crippen LogP contribution in [0, 0.1) is 0 Å². The summed E-state index contributed by atoms with van der Waals surface area (Å²) in [4.78, 5) is 10.8. The third kappa shape index (κ3) is 3.19. The lowest BCUT2D eigenvalue weighted by molar-refractivity contribution is -0.137. The molecule has 2 aromatic rings. The molecule has 0 amide bonds. The smallest absolute Gasteiger partial charge is 0.338 e. The average Bonchev–Trinajstić information content (AvgIpc) is 2.55. The van der Waals surface area contributed by atoms with Crippen LogP contribution in [0.15, 0.2) is 36.5 Å². The molecule has 1 aromatic carbocycles. The van der Waals surface area contributed by atoms with E-state index in [0.717, 1.165) is 38.3 Å². The number of alkyl halides is 3. The number of nitrogens with zero attached hydrogens (tertiary/aromatic N) is 3. The Kier molecular flexibility index (Phi) is 3.98. The Morgan fingerprint density at radius 3 is 2.32 bits per heavy atom. The van der Waals surface area contributed by atoms with Crippen LogP contribution in [0.25, 0.3) is 11.3 Å². The summed E-state index contributed by atoms with van der Waals surface area (Å²) in [6, 6.07) is 6.72. The lowest BCUT2D eigenvalue weighted by Gasteiger charge is -2.27. The fraction of sp³-hybridized carbons (Fsp3) is 0.333. The molecule has 0 saturated carbocycles. The molecule has 0 radical (unpaired) electrons. The van der Waals surface area contributed by atoms with Gasteiger partial charge in [0, 0.05) is 37.9 Å². The van der Waals surface area contributed by atoms with Gasteiger partial charge in [-0.1, -0.05) is 12.1 Å². The Bertz CT molecular complexity index is 634. The molecule has 0 atom stereocenters. The summed E-state index contributed by atoms with van der Waals surface area (Å²) in [5.74, 6) is 0.610. The average molecular weight is 308 g/mol. The fourth-order valence-corrected chi connectivity index (χ4v) is 2.36. The third-order valence-electron chi connectivity index (χ3n) is 3.55. The maximum atomic E-state index is 12.6. The molecule has 1 fully saturated rings. The quantitative estimate of drug-likeness (QED) is 0.926. The Labute approximate surface area is 126 Å². The van der Waals surface area contributed by atoms with Gasteiger partial charge in [-0.05, 0) is 18.2 Å². The Balaban J connectivity index is 1.85. The second-order valence-corrected chi connectivity index (χ2v) is 5.05. The molecule has 0 spiro atoms. The van der Waals surface area contributed by atoms with Crippen LogP contribution in [-0.2, 0) is 6.18 Å². The van der Waals surface area contributed by atoms with Crippen LogP contribution in [0.5, 0.6) is 0 Å². The summed E-state index contributed by atoms with van der Waals surface area (Å²) < 4.78 is 37.8. The number of halogens is 3. The van der Waals surface area contributed by atoms with Crippen molar-refractivity contribution in [3.05, 3.63) is 42.1 Å².